The maximum Gasteiger partial charge on any atom is 0.239 e. The summed E-state index contributed by atoms with van der Waals surface area (Å²) in [5, 5.41) is 6.07. The van der Waals surface area contributed by atoms with E-state index in [4.69, 9.17) is 0 Å². The van der Waals surface area contributed by atoms with Gasteiger partial charge in [-0.3, -0.25) is 14.5 Å². The highest BCUT2D eigenvalue weighted by Gasteiger charge is 2.46. The van der Waals surface area contributed by atoms with Gasteiger partial charge in [-0.05, 0) is 46.1 Å². The molecule has 2 fully saturated rings. The number of hydrogen-bond donors (Lipinski definition) is 1. The van der Waals surface area contributed by atoms with Crippen LogP contribution in [0.25, 0.3) is 0 Å². The van der Waals surface area contributed by atoms with E-state index in [9.17, 15) is 9.59 Å². The van der Waals surface area contributed by atoms with Gasteiger partial charge in [0.2, 0.25) is 11.8 Å². The van der Waals surface area contributed by atoms with Crippen molar-refractivity contribution in [2.45, 2.75) is 64.1 Å². The van der Waals surface area contributed by atoms with Crippen molar-refractivity contribution >= 4 is 23.2 Å². The summed E-state index contributed by atoms with van der Waals surface area (Å²) in [7, 11) is 0. The lowest BCUT2D eigenvalue weighted by atomic mass is 9.87. The van der Waals surface area contributed by atoms with Crippen LogP contribution in [-0.2, 0) is 16.1 Å². The molecule has 0 unspecified atom stereocenters. The number of nitrogens with zero attached hydrogens (tertiary/aromatic N) is 3. The second-order valence-corrected chi connectivity index (χ2v) is 8.46. The fraction of sp³-hybridized carbons (Fsp3) is 0.722. The summed E-state index contributed by atoms with van der Waals surface area (Å²) in [6, 6.07) is 0.101. The summed E-state index contributed by atoms with van der Waals surface area (Å²) in [6.45, 7) is 6.96. The van der Waals surface area contributed by atoms with E-state index in [1.165, 1.54) is 0 Å². The van der Waals surface area contributed by atoms with Crippen LogP contribution in [0.5, 0.6) is 0 Å². The minimum absolute atomic E-state index is 0.0477. The average molecular weight is 365 g/mol. The molecule has 25 heavy (non-hydrogen) atoms. The molecule has 3 heterocycles. The summed E-state index contributed by atoms with van der Waals surface area (Å²) < 4.78 is 0. The highest BCUT2D eigenvalue weighted by atomic mass is 32.1. The lowest BCUT2D eigenvalue weighted by Gasteiger charge is -2.38. The zero-order chi connectivity index (χ0) is 17.9. The van der Waals surface area contributed by atoms with Crippen LogP contribution in [0.3, 0.4) is 0 Å². The predicted molar refractivity (Wildman–Crippen MR) is 98.2 cm³/mol. The molecule has 0 bridgehead atoms. The van der Waals surface area contributed by atoms with Crippen molar-refractivity contribution in [3.05, 3.63) is 16.6 Å². The molecule has 0 aromatic carbocycles. The number of carbonyl (C=O) groups is 2. The highest BCUT2D eigenvalue weighted by Crippen LogP contribution is 2.39. The number of amides is 2. The van der Waals surface area contributed by atoms with E-state index in [1.54, 1.807) is 11.3 Å². The van der Waals surface area contributed by atoms with Crippen LogP contribution >= 0.6 is 11.3 Å². The summed E-state index contributed by atoms with van der Waals surface area (Å²) >= 11 is 1.69. The van der Waals surface area contributed by atoms with Crippen molar-refractivity contribution in [2.75, 3.05) is 19.6 Å². The van der Waals surface area contributed by atoms with Crippen LogP contribution in [0.4, 0.5) is 0 Å². The van der Waals surface area contributed by atoms with Gasteiger partial charge in [-0.2, -0.15) is 0 Å². The summed E-state index contributed by atoms with van der Waals surface area (Å²) in [5.41, 5.74) is -0.136. The van der Waals surface area contributed by atoms with Gasteiger partial charge in [0.1, 0.15) is 11.6 Å². The Morgan fingerprint density at radius 1 is 1.36 bits per heavy atom. The second kappa shape index (κ2) is 7.83. The molecule has 6 nitrogen and oxygen atoms in total. The quantitative estimate of drug-likeness (QED) is 0.868. The Kier molecular flexibility index (Phi) is 5.74. The SMILES string of the molecule is CC(C)NC(=O)CN1C(=O)CC[C@@]12CCCN(Cc1nccs1)CC2. The Bertz CT molecular complexity index is 604. The predicted octanol–water partition coefficient (Wildman–Crippen LogP) is 2.01. The Morgan fingerprint density at radius 3 is 2.92 bits per heavy atom. The molecule has 1 N–H and O–H groups in total. The van der Waals surface area contributed by atoms with Gasteiger partial charge in [-0.15, -0.1) is 11.3 Å². The van der Waals surface area contributed by atoms with E-state index in [0.29, 0.717) is 6.42 Å². The van der Waals surface area contributed by atoms with Crippen molar-refractivity contribution in [2.24, 2.45) is 0 Å². The van der Waals surface area contributed by atoms with E-state index in [0.717, 1.165) is 50.3 Å². The maximum absolute atomic E-state index is 12.4. The number of aromatic nitrogens is 1. The number of carbonyl (C=O) groups excluding carboxylic acids is 2. The first-order chi connectivity index (χ1) is 12.0. The van der Waals surface area contributed by atoms with Crippen LogP contribution in [-0.4, -0.2) is 57.8 Å². The van der Waals surface area contributed by atoms with Crippen LogP contribution in [0.15, 0.2) is 11.6 Å². The van der Waals surface area contributed by atoms with Crippen LogP contribution in [0.2, 0.25) is 0 Å². The first-order valence-corrected chi connectivity index (χ1v) is 10.1. The van der Waals surface area contributed by atoms with Gasteiger partial charge >= 0.3 is 0 Å². The lowest BCUT2D eigenvalue weighted by Crippen LogP contribution is -2.51. The largest absolute Gasteiger partial charge is 0.352 e. The van der Waals surface area contributed by atoms with Gasteiger partial charge in [0.05, 0.1) is 6.54 Å². The van der Waals surface area contributed by atoms with Crippen molar-refractivity contribution < 1.29 is 9.59 Å². The van der Waals surface area contributed by atoms with E-state index >= 15 is 0 Å². The minimum atomic E-state index is -0.136. The van der Waals surface area contributed by atoms with Gasteiger partial charge in [0.15, 0.2) is 0 Å². The van der Waals surface area contributed by atoms with Gasteiger partial charge in [0, 0.05) is 36.1 Å². The van der Waals surface area contributed by atoms with Gasteiger partial charge < -0.3 is 10.2 Å². The molecule has 2 saturated heterocycles. The molecule has 2 aliphatic rings. The Hall–Kier alpha value is -1.47. The number of nitrogens with one attached hydrogen (secondary N) is 1. The summed E-state index contributed by atoms with van der Waals surface area (Å²) in [5.74, 6) is 0.0841. The first kappa shape index (κ1) is 18.3. The molecule has 1 atom stereocenters. The monoisotopic (exact) mass is 364 g/mol. The molecule has 138 valence electrons. The third-order valence-electron chi connectivity index (χ3n) is 5.28. The van der Waals surface area contributed by atoms with Crippen LogP contribution in [0, 0.1) is 0 Å². The molecule has 1 aromatic rings. The normalized spacial score (nSPS) is 24.9. The smallest absolute Gasteiger partial charge is 0.239 e. The van der Waals surface area contributed by atoms with Gasteiger partial charge in [0.25, 0.3) is 0 Å². The fourth-order valence-corrected chi connectivity index (χ4v) is 4.73. The van der Waals surface area contributed by atoms with E-state index < -0.39 is 0 Å². The third-order valence-corrected chi connectivity index (χ3v) is 6.05. The van der Waals surface area contributed by atoms with E-state index in [-0.39, 0.29) is 29.9 Å². The summed E-state index contributed by atoms with van der Waals surface area (Å²) in [6.07, 6.45) is 6.29. The molecule has 1 aromatic heterocycles. The molecule has 2 amide bonds. The zero-order valence-corrected chi connectivity index (χ0v) is 16.0. The second-order valence-electron chi connectivity index (χ2n) is 7.48. The first-order valence-electron chi connectivity index (χ1n) is 9.19. The molecule has 0 saturated carbocycles. The topological polar surface area (TPSA) is 65.5 Å². The zero-order valence-electron chi connectivity index (χ0n) is 15.2. The lowest BCUT2D eigenvalue weighted by molar-refractivity contribution is -0.137. The highest BCUT2D eigenvalue weighted by molar-refractivity contribution is 7.09. The van der Waals surface area contributed by atoms with Gasteiger partial charge in [-0.25, -0.2) is 4.98 Å². The third kappa shape index (κ3) is 4.39. The van der Waals surface area contributed by atoms with Gasteiger partial charge in [-0.1, -0.05) is 0 Å². The molecule has 0 aliphatic carbocycles. The number of likely N-dealkylation sites (tertiary alicyclic amines) is 2. The van der Waals surface area contributed by atoms with E-state index in [2.05, 4.69) is 15.2 Å². The Balaban J connectivity index is 1.64. The number of thiazole rings is 1. The van der Waals surface area contributed by atoms with Crippen molar-refractivity contribution in [1.82, 2.24) is 20.1 Å². The molecular formula is C18H28N4O2S. The van der Waals surface area contributed by atoms with Crippen molar-refractivity contribution in [1.29, 1.82) is 0 Å². The molecule has 0 radical (unpaired) electrons. The van der Waals surface area contributed by atoms with Crippen molar-refractivity contribution in [3.63, 3.8) is 0 Å². The number of hydrogen-bond acceptors (Lipinski definition) is 5. The van der Waals surface area contributed by atoms with E-state index in [1.807, 2.05) is 30.3 Å². The van der Waals surface area contributed by atoms with Crippen molar-refractivity contribution in [3.8, 4) is 0 Å². The molecular weight excluding hydrogens is 336 g/mol. The number of rotatable bonds is 5. The average Bonchev–Trinajstić information content (AvgIpc) is 3.09. The fourth-order valence-electron chi connectivity index (χ4n) is 4.08. The molecule has 1 spiro atoms. The molecule has 2 aliphatic heterocycles. The van der Waals surface area contributed by atoms with Crippen LogP contribution in [0.1, 0.15) is 51.0 Å². The standard InChI is InChI=1S/C18H28N4O2S/c1-14(2)20-15(23)12-22-17(24)4-6-18(22)5-3-9-21(10-7-18)13-16-19-8-11-25-16/h8,11,14H,3-7,9-10,12-13H2,1-2H3,(H,20,23)/t18-/m1/s1. The minimum Gasteiger partial charge on any atom is -0.352 e. The maximum atomic E-state index is 12.4. The van der Waals surface area contributed by atoms with Crippen LogP contribution < -0.4 is 5.32 Å². The molecule has 3 rings (SSSR count). The summed E-state index contributed by atoms with van der Waals surface area (Å²) in [4.78, 5) is 33.4. The Morgan fingerprint density at radius 2 is 2.20 bits per heavy atom. The Labute approximate surface area is 153 Å². The molecule has 7 heteroatoms.